The Kier molecular flexibility index (Phi) is 5.05. The lowest BCUT2D eigenvalue weighted by Crippen LogP contribution is -2.25. The normalized spacial score (nSPS) is 20.4. The monoisotopic (exact) mass is 275 g/mol. The van der Waals surface area contributed by atoms with E-state index in [0.29, 0.717) is 11.5 Å². The van der Waals surface area contributed by atoms with Gasteiger partial charge in [-0.15, -0.1) is 0 Å². The molecule has 1 N–H and O–H groups in total. The van der Waals surface area contributed by atoms with Crippen LogP contribution in [0.1, 0.15) is 68.3 Å². The first kappa shape index (κ1) is 14.9. The third kappa shape index (κ3) is 3.14. The second-order valence-electron chi connectivity index (χ2n) is 5.65. The van der Waals surface area contributed by atoms with E-state index in [1.807, 2.05) is 12.1 Å². The predicted molar refractivity (Wildman–Crippen MR) is 81.4 cm³/mol. The summed E-state index contributed by atoms with van der Waals surface area (Å²) < 4.78 is 5.86. The first-order valence-corrected chi connectivity index (χ1v) is 7.73. The molecular formula is C17H25NO2. The van der Waals surface area contributed by atoms with Gasteiger partial charge >= 0.3 is 0 Å². The molecule has 3 nitrogen and oxygen atoms in total. The van der Waals surface area contributed by atoms with Crippen molar-refractivity contribution in [1.29, 1.82) is 0 Å². The Morgan fingerprint density at radius 2 is 2.05 bits per heavy atom. The summed E-state index contributed by atoms with van der Waals surface area (Å²) in [5.74, 6) is 1.11. The van der Waals surface area contributed by atoms with E-state index >= 15 is 0 Å². The summed E-state index contributed by atoms with van der Waals surface area (Å²) in [7, 11) is 0. The zero-order valence-corrected chi connectivity index (χ0v) is 12.7. The number of rotatable bonds is 6. The van der Waals surface area contributed by atoms with Gasteiger partial charge in [0.2, 0.25) is 0 Å². The molecule has 1 heterocycles. The summed E-state index contributed by atoms with van der Waals surface area (Å²) >= 11 is 0. The molecule has 0 saturated carbocycles. The first-order valence-electron chi connectivity index (χ1n) is 7.73. The topological polar surface area (TPSA) is 38.3 Å². The molecule has 0 aliphatic carbocycles. The van der Waals surface area contributed by atoms with Gasteiger partial charge in [-0.25, -0.2) is 0 Å². The Hall–Kier alpha value is -1.51. The van der Waals surface area contributed by atoms with Crippen LogP contribution in [0.4, 0.5) is 0 Å². The van der Waals surface area contributed by atoms with Gasteiger partial charge in [-0.1, -0.05) is 45.2 Å². The number of hydrogen-bond acceptors (Lipinski definition) is 2. The third-order valence-electron chi connectivity index (χ3n) is 4.10. The largest absolute Gasteiger partial charge is 0.489 e. The van der Waals surface area contributed by atoms with Crippen LogP contribution in [0.3, 0.4) is 0 Å². The molecule has 1 amide bonds. The maximum atomic E-state index is 12.3. The fourth-order valence-electron chi connectivity index (χ4n) is 2.61. The van der Waals surface area contributed by atoms with Gasteiger partial charge in [0.05, 0.1) is 5.56 Å². The van der Waals surface area contributed by atoms with Crippen LogP contribution >= 0.6 is 0 Å². The van der Waals surface area contributed by atoms with Gasteiger partial charge in [0, 0.05) is 18.0 Å². The van der Waals surface area contributed by atoms with Crippen LogP contribution < -0.4 is 10.1 Å². The van der Waals surface area contributed by atoms with Crippen LogP contribution in [0.15, 0.2) is 18.2 Å². The molecule has 0 unspecified atom stereocenters. The van der Waals surface area contributed by atoms with Crippen molar-refractivity contribution < 1.29 is 9.53 Å². The highest BCUT2D eigenvalue weighted by atomic mass is 16.5. The van der Waals surface area contributed by atoms with Gasteiger partial charge in [0.15, 0.2) is 0 Å². The van der Waals surface area contributed by atoms with Crippen molar-refractivity contribution in [2.45, 2.75) is 58.5 Å². The maximum Gasteiger partial charge on any atom is 0.255 e. The minimum Gasteiger partial charge on any atom is -0.489 e. The molecular weight excluding hydrogens is 250 g/mol. The number of benzene rings is 1. The quantitative estimate of drug-likeness (QED) is 0.800. The van der Waals surface area contributed by atoms with Crippen LogP contribution in [0, 0.1) is 0 Å². The highest BCUT2D eigenvalue weighted by molar-refractivity contribution is 5.97. The highest BCUT2D eigenvalue weighted by Crippen LogP contribution is 2.40. The second-order valence-corrected chi connectivity index (χ2v) is 5.65. The average Bonchev–Trinajstić information content (AvgIpc) is 2.74. The molecule has 1 aliphatic heterocycles. The highest BCUT2D eigenvalue weighted by Gasteiger charge is 2.30. The van der Waals surface area contributed by atoms with E-state index < -0.39 is 0 Å². The molecule has 1 aromatic carbocycles. The molecule has 0 bridgehead atoms. The number of fused-ring (bicyclic) bond motifs is 1. The van der Waals surface area contributed by atoms with Crippen LogP contribution in [0.5, 0.6) is 5.75 Å². The van der Waals surface area contributed by atoms with Gasteiger partial charge in [-0.05, 0) is 19.4 Å². The number of nitrogens with one attached hydrogen (secondary N) is 1. The molecule has 0 saturated heterocycles. The Balaban J connectivity index is 1.98. The van der Waals surface area contributed by atoms with Gasteiger partial charge in [0.25, 0.3) is 5.91 Å². The maximum absolute atomic E-state index is 12.3. The molecule has 0 radical (unpaired) electrons. The fourth-order valence-corrected chi connectivity index (χ4v) is 2.61. The summed E-state index contributed by atoms with van der Waals surface area (Å²) in [6.45, 7) is 7.12. The van der Waals surface area contributed by atoms with Crippen molar-refractivity contribution in [2.24, 2.45) is 0 Å². The van der Waals surface area contributed by atoms with Crippen LogP contribution in [-0.2, 0) is 0 Å². The van der Waals surface area contributed by atoms with Crippen molar-refractivity contribution in [3.05, 3.63) is 29.3 Å². The summed E-state index contributed by atoms with van der Waals surface area (Å²) in [4.78, 5) is 12.3. The Morgan fingerprint density at radius 1 is 1.25 bits per heavy atom. The molecule has 20 heavy (non-hydrogen) atoms. The van der Waals surface area contributed by atoms with E-state index in [2.05, 4.69) is 32.2 Å². The lowest BCUT2D eigenvalue weighted by molar-refractivity contribution is 0.0948. The molecule has 0 spiro atoms. The zero-order chi connectivity index (χ0) is 14.5. The number of carbonyl (C=O) groups is 1. The Labute approximate surface area is 121 Å². The smallest absolute Gasteiger partial charge is 0.255 e. The molecule has 1 aromatic rings. The number of ether oxygens (including phenoxy) is 1. The van der Waals surface area contributed by atoms with Crippen LogP contribution in [0.2, 0.25) is 0 Å². The minimum absolute atomic E-state index is 0.0142. The number of unbranched alkanes of at least 4 members (excludes halogenated alkanes) is 3. The van der Waals surface area contributed by atoms with E-state index in [-0.39, 0.29) is 12.0 Å². The standard InChI is InChI=1S/C17H25NO2/c1-4-5-6-7-11-18-17(19)15-10-8-9-14-12(2)13(3)20-16(14)15/h8-10,12-13H,4-7,11H2,1-3H3,(H,18,19)/t12-,13-/m0/s1. The summed E-state index contributed by atoms with van der Waals surface area (Å²) in [6.07, 6.45) is 4.80. The first-order chi connectivity index (χ1) is 9.65. The molecule has 110 valence electrons. The van der Waals surface area contributed by atoms with Crippen molar-refractivity contribution in [3.8, 4) is 5.75 Å². The van der Waals surface area contributed by atoms with E-state index in [4.69, 9.17) is 4.74 Å². The second kappa shape index (κ2) is 6.78. The summed E-state index contributed by atoms with van der Waals surface area (Å²) in [5.41, 5.74) is 1.82. The average molecular weight is 275 g/mol. The Bertz CT molecular complexity index is 470. The van der Waals surface area contributed by atoms with Crippen molar-refractivity contribution in [2.75, 3.05) is 6.54 Å². The van der Waals surface area contributed by atoms with Gasteiger partial charge in [-0.3, -0.25) is 4.79 Å². The molecule has 3 heteroatoms. The van der Waals surface area contributed by atoms with E-state index in [1.54, 1.807) is 0 Å². The van der Waals surface area contributed by atoms with E-state index in [9.17, 15) is 4.79 Å². The molecule has 2 rings (SSSR count). The van der Waals surface area contributed by atoms with Gasteiger partial charge < -0.3 is 10.1 Å². The number of para-hydroxylation sites is 1. The van der Waals surface area contributed by atoms with Crippen molar-refractivity contribution in [3.63, 3.8) is 0 Å². The summed E-state index contributed by atoms with van der Waals surface area (Å²) in [6, 6.07) is 5.86. The Morgan fingerprint density at radius 3 is 2.80 bits per heavy atom. The van der Waals surface area contributed by atoms with Crippen LogP contribution in [-0.4, -0.2) is 18.6 Å². The van der Waals surface area contributed by atoms with Crippen molar-refractivity contribution in [1.82, 2.24) is 5.32 Å². The third-order valence-corrected chi connectivity index (χ3v) is 4.10. The molecule has 0 fully saturated rings. The molecule has 2 atom stereocenters. The predicted octanol–water partition coefficient (Wildman–Crippen LogP) is 3.88. The SMILES string of the molecule is CCCCCCNC(=O)c1cccc2c1O[C@@H](C)[C@@H]2C. The van der Waals surface area contributed by atoms with E-state index in [0.717, 1.165) is 24.3 Å². The summed E-state index contributed by atoms with van der Waals surface area (Å²) in [5, 5.41) is 3.00. The zero-order valence-electron chi connectivity index (χ0n) is 12.7. The number of carbonyl (C=O) groups excluding carboxylic acids is 1. The van der Waals surface area contributed by atoms with Gasteiger partial charge in [0.1, 0.15) is 11.9 Å². The molecule has 0 aromatic heterocycles. The fraction of sp³-hybridized carbons (Fsp3) is 0.588. The van der Waals surface area contributed by atoms with Crippen molar-refractivity contribution >= 4 is 5.91 Å². The number of amides is 1. The lowest BCUT2D eigenvalue weighted by atomic mass is 9.97. The lowest BCUT2D eigenvalue weighted by Gasteiger charge is -2.10. The molecule has 1 aliphatic rings. The minimum atomic E-state index is -0.0142. The van der Waals surface area contributed by atoms with Crippen LogP contribution in [0.25, 0.3) is 0 Å². The number of hydrogen-bond donors (Lipinski definition) is 1. The van der Waals surface area contributed by atoms with E-state index in [1.165, 1.54) is 19.3 Å². The van der Waals surface area contributed by atoms with Gasteiger partial charge in [-0.2, -0.15) is 0 Å².